The summed E-state index contributed by atoms with van der Waals surface area (Å²) in [6.45, 7) is 7.26. The van der Waals surface area contributed by atoms with Crippen molar-refractivity contribution in [2.45, 2.75) is 58.4 Å². The summed E-state index contributed by atoms with van der Waals surface area (Å²) >= 11 is 0. The molecule has 0 unspecified atom stereocenters. The van der Waals surface area contributed by atoms with E-state index >= 15 is 0 Å². The monoisotopic (exact) mass is 448 g/mol. The Labute approximate surface area is 192 Å². The number of hydrogen-bond acceptors (Lipinski definition) is 6. The molecule has 1 aromatic carbocycles. The normalized spacial score (nSPS) is 20.8. The number of pyridine rings is 1. The van der Waals surface area contributed by atoms with Crippen molar-refractivity contribution in [3.8, 4) is 5.88 Å². The smallest absolute Gasteiger partial charge is 0.259 e. The van der Waals surface area contributed by atoms with Crippen molar-refractivity contribution < 1.29 is 14.3 Å². The van der Waals surface area contributed by atoms with Gasteiger partial charge in [-0.1, -0.05) is 24.3 Å². The van der Waals surface area contributed by atoms with Gasteiger partial charge in [0.15, 0.2) is 5.65 Å². The molecule has 2 aromatic heterocycles. The van der Waals surface area contributed by atoms with Crippen molar-refractivity contribution >= 4 is 16.9 Å². The minimum Gasteiger partial charge on any atom is -0.473 e. The van der Waals surface area contributed by atoms with Crippen LogP contribution < -0.4 is 10.2 Å². The van der Waals surface area contributed by atoms with Crippen molar-refractivity contribution in [3.63, 3.8) is 0 Å². The molecule has 8 nitrogen and oxygen atoms in total. The van der Waals surface area contributed by atoms with Crippen LogP contribution in [0.3, 0.4) is 0 Å². The third-order valence-electron chi connectivity index (χ3n) is 6.54. The van der Waals surface area contributed by atoms with E-state index < -0.39 is 0 Å². The molecule has 3 aromatic rings. The Bertz CT molecular complexity index is 1250. The SMILES string of the molecule is CCn1cc(C(=O)N2C[C@@H](C)OC[C@H]2C)c(=O)c2cc(OC3Cc4ccccc4C3)nnc21. The van der Waals surface area contributed by atoms with E-state index in [2.05, 4.69) is 22.3 Å². The number of ether oxygens (including phenoxy) is 2. The van der Waals surface area contributed by atoms with E-state index in [0.717, 1.165) is 12.8 Å². The second-order valence-electron chi connectivity index (χ2n) is 8.95. The van der Waals surface area contributed by atoms with Crippen LogP contribution in [-0.4, -0.2) is 57.0 Å². The van der Waals surface area contributed by atoms with Crippen molar-refractivity contribution in [2.24, 2.45) is 0 Å². The molecule has 1 aliphatic carbocycles. The molecular weight excluding hydrogens is 420 g/mol. The molecule has 5 rings (SSSR count). The molecule has 1 saturated heterocycles. The Kier molecular flexibility index (Phi) is 5.62. The molecule has 1 fully saturated rings. The van der Waals surface area contributed by atoms with Gasteiger partial charge in [0.2, 0.25) is 11.3 Å². The van der Waals surface area contributed by atoms with Gasteiger partial charge < -0.3 is 18.9 Å². The lowest BCUT2D eigenvalue weighted by Crippen LogP contribution is -2.51. The number of rotatable bonds is 4. The molecule has 33 heavy (non-hydrogen) atoms. The van der Waals surface area contributed by atoms with E-state index in [1.54, 1.807) is 21.7 Å². The second kappa shape index (κ2) is 8.59. The average Bonchev–Trinajstić information content (AvgIpc) is 3.23. The van der Waals surface area contributed by atoms with Crippen LogP contribution in [0.1, 0.15) is 42.3 Å². The fourth-order valence-corrected chi connectivity index (χ4v) is 4.73. The highest BCUT2D eigenvalue weighted by atomic mass is 16.5. The number of carbonyl (C=O) groups is 1. The first-order valence-electron chi connectivity index (χ1n) is 11.5. The Morgan fingerprint density at radius 1 is 1.18 bits per heavy atom. The first-order valence-corrected chi connectivity index (χ1v) is 11.5. The maximum Gasteiger partial charge on any atom is 0.259 e. The van der Waals surface area contributed by atoms with Gasteiger partial charge in [-0.2, -0.15) is 0 Å². The van der Waals surface area contributed by atoms with Gasteiger partial charge in [-0.3, -0.25) is 9.59 Å². The van der Waals surface area contributed by atoms with Gasteiger partial charge in [-0.15, -0.1) is 10.2 Å². The van der Waals surface area contributed by atoms with Crippen molar-refractivity contribution in [1.82, 2.24) is 19.7 Å². The quantitative estimate of drug-likeness (QED) is 0.610. The molecule has 2 aliphatic rings. The lowest BCUT2D eigenvalue weighted by atomic mass is 10.1. The van der Waals surface area contributed by atoms with Crippen LogP contribution in [0.2, 0.25) is 0 Å². The van der Waals surface area contributed by atoms with Gasteiger partial charge in [0.25, 0.3) is 5.91 Å². The predicted octanol–water partition coefficient (Wildman–Crippen LogP) is 2.61. The van der Waals surface area contributed by atoms with Gasteiger partial charge in [0.05, 0.1) is 24.1 Å². The first kappa shape index (κ1) is 21.6. The molecule has 0 radical (unpaired) electrons. The molecule has 0 N–H and O–H groups in total. The maximum atomic E-state index is 13.4. The van der Waals surface area contributed by atoms with Gasteiger partial charge in [-0.25, -0.2) is 0 Å². The summed E-state index contributed by atoms with van der Waals surface area (Å²) in [4.78, 5) is 28.5. The highest BCUT2D eigenvalue weighted by Gasteiger charge is 2.31. The number of aryl methyl sites for hydroxylation is 1. The summed E-state index contributed by atoms with van der Waals surface area (Å²) in [6.07, 6.45) is 3.06. The van der Waals surface area contributed by atoms with Crippen molar-refractivity contribution in [2.75, 3.05) is 13.2 Å². The van der Waals surface area contributed by atoms with Crippen LogP contribution in [-0.2, 0) is 24.1 Å². The van der Waals surface area contributed by atoms with Crippen LogP contribution in [0.4, 0.5) is 0 Å². The Morgan fingerprint density at radius 2 is 1.91 bits per heavy atom. The number of hydrogen-bond donors (Lipinski definition) is 0. The summed E-state index contributed by atoms with van der Waals surface area (Å²) < 4.78 is 13.5. The van der Waals surface area contributed by atoms with E-state index in [1.807, 2.05) is 32.9 Å². The molecule has 0 bridgehead atoms. The topological polar surface area (TPSA) is 86.5 Å². The Morgan fingerprint density at radius 3 is 2.61 bits per heavy atom. The molecule has 8 heteroatoms. The number of benzene rings is 1. The molecule has 2 atom stereocenters. The molecule has 1 amide bonds. The van der Waals surface area contributed by atoms with Gasteiger partial charge in [-0.05, 0) is 31.9 Å². The summed E-state index contributed by atoms with van der Waals surface area (Å²) in [5, 5.41) is 8.86. The average molecular weight is 449 g/mol. The molecule has 3 heterocycles. The number of fused-ring (bicyclic) bond motifs is 2. The Hall–Kier alpha value is -3.26. The number of nitrogens with zero attached hydrogens (tertiary/aromatic N) is 4. The van der Waals surface area contributed by atoms with E-state index in [1.165, 1.54) is 11.1 Å². The lowest BCUT2D eigenvalue weighted by Gasteiger charge is -2.36. The lowest BCUT2D eigenvalue weighted by molar-refractivity contribution is -0.0387. The summed E-state index contributed by atoms with van der Waals surface area (Å²) in [7, 11) is 0. The van der Waals surface area contributed by atoms with Crippen LogP contribution in [0.15, 0.2) is 41.3 Å². The predicted molar refractivity (Wildman–Crippen MR) is 124 cm³/mol. The largest absolute Gasteiger partial charge is 0.473 e. The minimum atomic E-state index is -0.347. The standard InChI is InChI=1S/C25H28N4O4/c1-4-28-13-21(25(31)29-12-16(3)32-14-15(29)2)23(30)20-11-22(26-27-24(20)28)33-19-9-17-7-5-6-8-18(17)10-19/h5-8,11,13,15-16,19H,4,9-10,12,14H2,1-3H3/t15-,16-/m1/s1. The van der Waals surface area contributed by atoms with E-state index in [9.17, 15) is 9.59 Å². The molecule has 172 valence electrons. The second-order valence-corrected chi connectivity index (χ2v) is 8.95. The van der Waals surface area contributed by atoms with Crippen LogP contribution in [0, 0.1) is 0 Å². The fourth-order valence-electron chi connectivity index (χ4n) is 4.73. The van der Waals surface area contributed by atoms with Gasteiger partial charge in [0.1, 0.15) is 11.7 Å². The van der Waals surface area contributed by atoms with Gasteiger partial charge >= 0.3 is 0 Å². The van der Waals surface area contributed by atoms with Crippen LogP contribution >= 0.6 is 0 Å². The van der Waals surface area contributed by atoms with Crippen LogP contribution in [0.25, 0.3) is 11.0 Å². The number of aromatic nitrogens is 3. The number of amides is 1. The first-order chi connectivity index (χ1) is 15.9. The van der Waals surface area contributed by atoms with Crippen molar-refractivity contribution in [3.05, 3.63) is 63.4 Å². The molecular formula is C25H28N4O4. The molecule has 1 aliphatic heterocycles. The zero-order valence-corrected chi connectivity index (χ0v) is 19.2. The maximum absolute atomic E-state index is 13.4. The number of morpholine rings is 1. The zero-order chi connectivity index (χ0) is 23.1. The van der Waals surface area contributed by atoms with E-state index in [0.29, 0.717) is 36.6 Å². The van der Waals surface area contributed by atoms with Crippen molar-refractivity contribution in [1.29, 1.82) is 0 Å². The zero-order valence-electron chi connectivity index (χ0n) is 19.2. The summed E-state index contributed by atoms with van der Waals surface area (Å²) in [5.41, 5.74) is 2.78. The number of carbonyl (C=O) groups excluding carboxylic acids is 1. The minimum absolute atomic E-state index is 0.0527. The van der Waals surface area contributed by atoms with E-state index in [-0.39, 0.29) is 35.1 Å². The van der Waals surface area contributed by atoms with Gasteiger partial charge in [0, 0.05) is 38.2 Å². The third kappa shape index (κ3) is 3.99. The third-order valence-corrected chi connectivity index (χ3v) is 6.54. The summed E-state index contributed by atoms with van der Waals surface area (Å²) in [5.74, 6) is 0.0234. The Balaban J connectivity index is 1.48. The van der Waals surface area contributed by atoms with E-state index in [4.69, 9.17) is 9.47 Å². The highest BCUT2D eigenvalue weighted by molar-refractivity contribution is 5.97. The molecule has 0 spiro atoms. The highest BCUT2D eigenvalue weighted by Crippen LogP contribution is 2.26. The summed E-state index contributed by atoms with van der Waals surface area (Å²) in [6, 6.07) is 9.79. The van der Waals surface area contributed by atoms with Crippen LogP contribution in [0.5, 0.6) is 5.88 Å². The molecule has 0 saturated carbocycles. The fraction of sp³-hybridized carbons (Fsp3) is 0.440.